The van der Waals surface area contributed by atoms with Gasteiger partial charge in [-0.15, -0.1) is 0 Å². The van der Waals surface area contributed by atoms with Crippen LogP contribution in [0.15, 0.2) is 48.7 Å². The van der Waals surface area contributed by atoms with Gasteiger partial charge in [0.05, 0.1) is 0 Å². The third kappa shape index (κ3) is 5.50. The van der Waals surface area contributed by atoms with Crippen LogP contribution in [0.4, 0.5) is 5.82 Å². The number of anilines is 1. The van der Waals surface area contributed by atoms with Crippen LogP contribution in [0.5, 0.6) is 0 Å². The molecule has 0 fully saturated rings. The van der Waals surface area contributed by atoms with E-state index >= 15 is 0 Å². The molecule has 6 nitrogen and oxygen atoms in total. The van der Waals surface area contributed by atoms with E-state index in [1.54, 1.807) is 18.3 Å². The first-order valence-corrected chi connectivity index (χ1v) is 13.3. The van der Waals surface area contributed by atoms with Crippen LogP contribution in [-0.2, 0) is 19.4 Å². The van der Waals surface area contributed by atoms with E-state index in [0.717, 1.165) is 42.7 Å². The number of benzene rings is 2. The maximum atomic E-state index is 11.7. The number of carbonyl (C=O) groups is 1. The predicted octanol–water partition coefficient (Wildman–Crippen LogP) is 1.65. The molecule has 32 heavy (non-hydrogen) atoms. The van der Waals surface area contributed by atoms with Gasteiger partial charge in [0.2, 0.25) is 0 Å². The van der Waals surface area contributed by atoms with E-state index in [1.165, 1.54) is 15.5 Å². The van der Waals surface area contributed by atoms with Crippen molar-refractivity contribution in [2.45, 2.75) is 26.3 Å². The van der Waals surface area contributed by atoms with E-state index < -0.39 is 21.7 Å². The molecule has 0 saturated carbocycles. The van der Waals surface area contributed by atoms with Crippen LogP contribution < -0.4 is 20.0 Å². The molecule has 0 radical (unpaired) electrons. The Morgan fingerprint density at radius 1 is 1.19 bits per heavy atom. The molecule has 1 aromatic heterocycles. The first-order valence-electron chi connectivity index (χ1n) is 10.8. The number of nitrogens with two attached hydrogens (primary N) is 1. The third-order valence-corrected chi connectivity index (χ3v) is 8.29. The van der Waals surface area contributed by atoms with Gasteiger partial charge in [0.1, 0.15) is 0 Å². The summed E-state index contributed by atoms with van der Waals surface area (Å²) in [7, 11) is 0. The third-order valence-electron chi connectivity index (χ3n) is 5.78. The van der Waals surface area contributed by atoms with Crippen molar-refractivity contribution in [2.75, 3.05) is 25.0 Å². The molecular formula is C24H27AsClN5O. The molecule has 3 N–H and O–H groups in total. The molecule has 1 aliphatic heterocycles. The summed E-state index contributed by atoms with van der Waals surface area (Å²) in [5.41, 5.74) is 9.69. The maximum absolute atomic E-state index is 11.7. The first kappa shape index (κ1) is 22.8. The summed E-state index contributed by atoms with van der Waals surface area (Å²) in [5, 5.41) is 3.70. The fraction of sp³-hybridized carbons (Fsp3) is 0.292. The van der Waals surface area contributed by atoms with Crippen LogP contribution in [0, 0.1) is 0 Å². The Bertz CT molecular complexity index is 1120. The zero-order chi connectivity index (χ0) is 22.5. The summed E-state index contributed by atoms with van der Waals surface area (Å²) in [6.45, 7) is 5.98. The molecule has 3 aromatic rings. The minimum absolute atomic E-state index is 0.405. The number of hydrogen-bond donors (Lipinski definition) is 2. The second kappa shape index (κ2) is 10.5. The van der Waals surface area contributed by atoms with Gasteiger partial charge in [0.25, 0.3) is 0 Å². The van der Waals surface area contributed by atoms with Gasteiger partial charge < -0.3 is 0 Å². The Kier molecular flexibility index (Phi) is 7.46. The Balaban J connectivity index is 1.48. The Hall–Kier alpha value is -2.40. The molecule has 8 heteroatoms. The van der Waals surface area contributed by atoms with Crippen LogP contribution in [-0.4, -0.2) is 56.2 Å². The van der Waals surface area contributed by atoms with E-state index in [4.69, 9.17) is 22.3 Å². The van der Waals surface area contributed by atoms with Gasteiger partial charge in [-0.1, -0.05) is 0 Å². The molecule has 2 aromatic carbocycles. The van der Waals surface area contributed by atoms with E-state index in [2.05, 4.69) is 40.3 Å². The Labute approximate surface area is 200 Å². The van der Waals surface area contributed by atoms with Crippen LogP contribution in [0.3, 0.4) is 0 Å². The van der Waals surface area contributed by atoms with E-state index in [0.29, 0.717) is 22.9 Å². The van der Waals surface area contributed by atoms with Gasteiger partial charge in [-0.25, -0.2) is 0 Å². The molecule has 0 saturated heterocycles. The number of fused-ring (bicyclic) bond motifs is 1. The number of carbonyl (C=O) groups excluding carboxylic acids is 1. The number of amides is 1. The second-order valence-corrected chi connectivity index (χ2v) is 10.9. The van der Waals surface area contributed by atoms with Gasteiger partial charge in [-0.3, -0.25) is 0 Å². The molecule has 4 rings (SSSR count). The zero-order valence-electron chi connectivity index (χ0n) is 18.1. The number of primary amides is 1. The SMILES string of the molecule is CCN1CCc2ccc([AsH]c3ncc(Cl)c(NCc4ccccc4C(N)=O)n3)cc2CC1. The normalized spacial score (nSPS) is 14.3. The summed E-state index contributed by atoms with van der Waals surface area (Å²) < 4.78 is 2.14. The van der Waals surface area contributed by atoms with Gasteiger partial charge in [-0.2, -0.15) is 0 Å². The second-order valence-electron chi connectivity index (χ2n) is 7.81. The van der Waals surface area contributed by atoms with E-state index in [9.17, 15) is 4.79 Å². The Morgan fingerprint density at radius 3 is 2.75 bits per heavy atom. The summed E-state index contributed by atoms with van der Waals surface area (Å²) in [5.74, 6) is 0.127. The molecular weight excluding hydrogens is 485 g/mol. The number of halogens is 1. The van der Waals surface area contributed by atoms with Crippen molar-refractivity contribution in [1.82, 2.24) is 14.9 Å². The van der Waals surface area contributed by atoms with Crippen molar-refractivity contribution < 1.29 is 4.79 Å². The van der Waals surface area contributed by atoms with Crippen LogP contribution >= 0.6 is 11.6 Å². The molecule has 0 aliphatic carbocycles. The number of nitrogens with one attached hydrogen (secondary N) is 1. The van der Waals surface area contributed by atoms with Crippen LogP contribution in [0.2, 0.25) is 5.02 Å². The quantitative estimate of drug-likeness (QED) is 0.471. The van der Waals surface area contributed by atoms with Crippen molar-refractivity contribution in [1.29, 1.82) is 0 Å². The first-order chi connectivity index (χ1) is 15.5. The Morgan fingerprint density at radius 2 is 1.97 bits per heavy atom. The number of hydrogen-bond acceptors (Lipinski definition) is 5. The van der Waals surface area contributed by atoms with Crippen LogP contribution in [0.25, 0.3) is 0 Å². The molecule has 2 heterocycles. The average molecular weight is 512 g/mol. The van der Waals surface area contributed by atoms with Crippen molar-refractivity contribution in [3.63, 3.8) is 0 Å². The topological polar surface area (TPSA) is 84.1 Å². The average Bonchev–Trinajstić information content (AvgIpc) is 3.01. The summed E-state index contributed by atoms with van der Waals surface area (Å²) >= 11 is 5.65. The summed E-state index contributed by atoms with van der Waals surface area (Å²) in [6, 6.07) is 14.1. The van der Waals surface area contributed by atoms with Gasteiger partial charge in [0, 0.05) is 0 Å². The van der Waals surface area contributed by atoms with Gasteiger partial charge in [-0.05, 0) is 0 Å². The summed E-state index contributed by atoms with van der Waals surface area (Å²) in [4.78, 5) is 23.3. The van der Waals surface area contributed by atoms with E-state index in [-0.39, 0.29) is 0 Å². The van der Waals surface area contributed by atoms with Crippen molar-refractivity contribution >= 4 is 48.0 Å². The zero-order valence-corrected chi connectivity index (χ0v) is 20.9. The van der Waals surface area contributed by atoms with E-state index in [1.807, 2.05) is 12.1 Å². The standard InChI is InChI=1S/C24H27AsClN5O/c1-2-31-11-9-16-7-8-19(13-17(16)10-12-31)25-24-29-15-21(26)23(30-24)28-14-18-5-3-4-6-20(18)22(27)32/h3-8,13,15,25H,2,9-12,14H2,1H3,(H2,27,32)(H,28,29,30). The molecule has 0 spiro atoms. The molecule has 1 unspecified atom stereocenters. The van der Waals surface area contributed by atoms with Gasteiger partial charge >= 0.3 is 201 Å². The number of nitrogens with zero attached hydrogens (tertiary/aromatic N) is 3. The summed E-state index contributed by atoms with van der Waals surface area (Å²) in [6.07, 6.45) is 3.86. The predicted molar refractivity (Wildman–Crippen MR) is 132 cm³/mol. The molecule has 1 amide bonds. The fourth-order valence-corrected chi connectivity index (χ4v) is 6.13. The van der Waals surface area contributed by atoms with Crippen molar-refractivity contribution in [2.24, 2.45) is 5.73 Å². The minimum atomic E-state index is -0.693. The number of rotatable bonds is 7. The molecule has 166 valence electrons. The van der Waals surface area contributed by atoms with Crippen LogP contribution in [0.1, 0.15) is 34.0 Å². The van der Waals surface area contributed by atoms with Crippen molar-refractivity contribution in [3.05, 3.63) is 75.9 Å². The fourth-order valence-electron chi connectivity index (χ4n) is 3.94. The van der Waals surface area contributed by atoms with Gasteiger partial charge in [0.15, 0.2) is 0 Å². The monoisotopic (exact) mass is 511 g/mol. The number of aromatic nitrogens is 2. The molecule has 1 atom stereocenters. The van der Waals surface area contributed by atoms with Crippen molar-refractivity contribution in [3.8, 4) is 0 Å². The molecule has 0 bridgehead atoms. The number of likely N-dealkylation sites (N-methyl/N-ethyl adjacent to an activating group) is 1. The molecule has 1 aliphatic rings.